The SMILES string of the molecule is O=[Si]([O-])[O-].O=[Si]([O-])[O-].O=[Si]([O-])[O-].[Mg+2].[Mg+2].[Mg+2]. The Bertz CT molecular complexity index is 118. The zero-order chi connectivity index (χ0) is 10.7. The quantitative estimate of drug-likeness (QED) is 0.391. The van der Waals surface area contributed by atoms with Crippen molar-refractivity contribution < 1.29 is 42.2 Å². The van der Waals surface area contributed by atoms with E-state index in [0.717, 1.165) is 0 Å². The van der Waals surface area contributed by atoms with E-state index in [-0.39, 0.29) is 69.2 Å². The monoisotopic (exact) mass is 300 g/mol. The molecule has 0 aromatic heterocycles. The van der Waals surface area contributed by atoms with Crippen molar-refractivity contribution >= 4 is 96.7 Å². The molecule has 72 valence electrons. The van der Waals surface area contributed by atoms with Gasteiger partial charge in [-0.25, -0.2) is 0 Å². The minimum absolute atomic E-state index is 0. The van der Waals surface area contributed by atoms with Crippen molar-refractivity contribution in [3.05, 3.63) is 0 Å². The van der Waals surface area contributed by atoms with E-state index in [9.17, 15) is 0 Å². The van der Waals surface area contributed by atoms with Crippen LogP contribution in [-0.2, 0) is 13.4 Å². The van der Waals surface area contributed by atoms with Crippen LogP contribution >= 0.6 is 0 Å². The zero-order valence-corrected chi connectivity index (χ0v) is 14.5. The summed E-state index contributed by atoms with van der Waals surface area (Å²) in [5.41, 5.74) is 0. The van der Waals surface area contributed by atoms with E-state index >= 15 is 0 Å². The van der Waals surface area contributed by atoms with E-state index in [1.54, 1.807) is 0 Å². The Balaban J connectivity index is -0.0000000184. The Morgan fingerprint density at radius 1 is 0.467 bits per heavy atom. The number of rotatable bonds is 0. The Hall–Kier alpha value is 1.15. The minimum atomic E-state index is -3.63. The molecule has 0 aromatic carbocycles. The summed E-state index contributed by atoms with van der Waals surface area (Å²) in [6.45, 7) is 0. The second kappa shape index (κ2) is 29.4. The average molecular weight is 301 g/mol. The Labute approximate surface area is 137 Å². The average Bonchev–Trinajstić information content (AvgIpc) is 1.54. The van der Waals surface area contributed by atoms with Gasteiger partial charge in [0.25, 0.3) is 0 Å². The predicted molar refractivity (Wildman–Crippen MR) is 36.6 cm³/mol. The maximum Gasteiger partial charge on any atom is 2.00 e. The molecule has 0 spiro atoms. The van der Waals surface area contributed by atoms with Crippen LogP contribution in [0.15, 0.2) is 0 Å². The van der Waals surface area contributed by atoms with Crippen LogP contribution in [-0.4, -0.2) is 96.7 Å². The standard InChI is InChI=1S/3Mg.3O3Si/c;;;3*1-4(2)3/q3*+2;3*-2. The largest absolute Gasteiger partial charge is 2.00 e. The molecule has 9 nitrogen and oxygen atoms in total. The summed E-state index contributed by atoms with van der Waals surface area (Å²) in [6, 6.07) is 0. The van der Waals surface area contributed by atoms with Gasteiger partial charge in [0.1, 0.15) is 0 Å². The van der Waals surface area contributed by atoms with E-state index in [1.807, 2.05) is 0 Å². The first kappa shape index (κ1) is 36.0. The van der Waals surface area contributed by atoms with Crippen molar-refractivity contribution in [2.24, 2.45) is 0 Å². The van der Waals surface area contributed by atoms with Crippen LogP contribution in [0.3, 0.4) is 0 Å². The van der Waals surface area contributed by atoms with Gasteiger partial charge in [-0.2, -0.15) is 0 Å². The van der Waals surface area contributed by atoms with Gasteiger partial charge in [0.05, 0.1) is 0 Å². The molecule has 0 saturated carbocycles. The molecule has 0 aliphatic rings. The molecule has 0 saturated heterocycles. The smallest absolute Gasteiger partial charge is 0.672 e. The number of hydrogen-bond donors (Lipinski definition) is 0. The third kappa shape index (κ3) is 1980. The van der Waals surface area contributed by atoms with Crippen LogP contribution in [0, 0.1) is 0 Å². The summed E-state index contributed by atoms with van der Waals surface area (Å²) in [5, 5.41) is 0. The molecule has 0 rings (SSSR count). The van der Waals surface area contributed by atoms with Gasteiger partial charge in [0.15, 0.2) is 0 Å². The summed E-state index contributed by atoms with van der Waals surface area (Å²) >= 11 is 0. The molecule has 0 amide bonds. The maximum absolute atomic E-state index is 8.52. The van der Waals surface area contributed by atoms with Gasteiger partial charge in [-0.15, -0.1) is 0 Å². The zero-order valence-electron chi connectivity index (χ0n) is 7.30. The molecule has 0 fully saturated rings. The van der Waals surface area contributed by atoms with Crippen molar-refractivity contribution in [2.45, 2.75) is 0 Å². The first-order chi connectivity index (χ1) is 5.20. The molecule has 0 bridgehead atoms. The summed E-state index contributed by atoms with van der Waals surface area (Å²) in [6.07, 6.45) is 0. The Morgan fingerprint density at radius 3 is 0.467 bits per heavy atom. The first-order valence-electron chi connectivity index (χ1n) is 1.84. The van der Waals surface area contributed by atoms with Gasteiger partial charge >= 0.3 is 69.2 Å². The molecule has 15 heavy (non-hydrogen) atoms. The van der Waals surface area contributed by atoms with Gasteiger partial charge in [-0.1, -0.05) is 0 Å². The van der Waals surface area contributed by atoms with E-state index in [0.29, 0.717) is 0 Å². The molecule has 0 N–H and O–H groups in total. The number of hydrogen-bond acceptors (Lipinski definition) is 9. The second-order valence-corrected chi connectivity index (χ2v) is 2.25. The van der Waals surface area contributed by atoms with Crippen LogP contribution in [0.4, 0.5) is 0 Å². The Kier molecular flexibility index (Phi) is 70.6. The molecule has 15 heteroatoms. The van der Waals surface area contributed by atoms with Crippen molar-refractivity contribution in [3.63, 3.8) is 0 Å². The fourth-order valence-electron chi connectivity index (χ4n) is 0. The molecule has 0 atom stereocenters. The molecule has 0 aliphatic carbocycles. The third-order valence-electron chi connectivity index (χ3n) is 0. The van der Waals surface area contributed by atoms with Gasteiger partial charge in [-0.3, -0.25) is 0 Å². The summed E-state index contributed by atoms with van der Waals surface area (Å²) < 4.78 is 25.6. The fourth-order valence-corrected chi connectivity index (χ4v) is 0. The Morgan fingerprint density at radius 2 is 0.467 bits per heavy atom. The van der Waals surface area contributed by atoms with E-state index in [4.69, 9.17) is 42.2 Å². The molecular formula is Mg3O9Si3. The van der Waals surface area contributed by atoms with Crippen molar-refractivity contribution in [1.29, 1.82) is 0 Å². The molecule has 0 radical (unpaired) electrons. The van der Waals surface area contributed by atoms with Crippen LogP contribution < -0.4 is 28.8 Å². The van der Waals surface area contributed by atoms with Crippen LogP contribution in [0.2, 0.25) is 0 Å². The van der Waals surface area contributed by atoms with Gasteiger partial charge in [-0.05, 0) is 0 Å². The third-order valence-corrected chi connectivity index (χ3v) is 0. The first-order valence-corrected chi connectivity index (χ1v) is 5.51. The second-order valence-electron chi connectivity index (χ2n) is 0.750. The maximum atomic E-state index is 8.52. The van der Waals surface area contributed by atoms with Crippen LogP contribution in [0.5, 0.6) is 0 Å². The topological polar surface area (TPSA) is 190 Å². The normalized spacial score (nSPS) is 4.80. The summed E-state index contributed by atoms with van der Waals surface area (Å²) in [4.78, 5) is 51.1. The van der Waals surface area contributed by atoms with E-state index < -0.39 is 27.5 Å². The summed E-state index contributed by atoms with van der Waals surface area (Å²) in [7, 11) is -10.9. The van der Waals surface area contributed by atoms with E-state index in [1.165, 1.54) is 0 Å². The van der Waals surface area contributed by atoms with Crippen molar-refractivity contribution in [1.82, 2.24) is 0 Å². The van der Waals surface area contributed by atoms with Crippen LogP contribution in [0.25, 0.3) is 0 Å². The van der Waals surface area contributed by atoms with Gasteiger partial charge < -0.3 is 42.2 Å². The molecule has 0 unspecified atom stereocenters. The van der Waals surface area contributed by atoms with E-state index in [2.05, 4.69) is 0 Å². The molecule has 0 heterocycles. The molecule has 0 aliphatic heterocycles. The fraction of sp³-hybridized carbons (Fsp3) is 0. The predicted octanol–water partition coefficient (Wildman–Crippen LogP) is -9.78. The molecule has 0 aromatic rings. The molecular weight excluding hydrogens is 301 g/mol. The summed E-state index contributed by atoms with van der Waals surface area (Å²) in [5.74, 6) is 0. The van der Waals surface area contributed by atoms with Crippen LogP contribution in [0.1, 0.15) is 0 Å². The van der Waals surface area contributed by atoms with Crippen molar-refractivity contribution in [2.75, 3.05) is 0 Å². The van der Waals surface area contributed by atoms with Crippen molar-refractivity contribution in [3.8, 4) is 0 Å². The minimum Gasteiger partial charge on any atom is -0.672 e. The van der Waals surface area contributed by atoms with Gasteiger partial charge in [0.2, 0.25) is 0 Å². The van der Waals surface area contributed by atoms with Gasteiger partial charge in [0, 0.05) is 27.5 Å².